The Labute approximate surface area is 80.3 Å². The van der Waals surface area contributed by atoms with E-state index >= 15 is 0 Å². The second kappa shape index (κ2) is 4.64. The predicted octanol–water partition coefficient (Wildman–Crippen LogP) is 1.72. The lowest BCUT2D eigenvalue weighted by Gasteiger charge is -2.33. The number of aliphatic hydroxyl groups is 1. The number of rotatable bonds is 2. The zero-order valence-corrected chi connectivity index (χ0v) is 8.47. The van der Waals surface area contributed by atoms with Crippen LogP contribution < -0.4 is 0 Å². The van der Waals surface area contributed by atoms with Crippen LogP contribution in [0.4, 0.5) is 0 Å². The fourth-order valence-electron chi connectivity index (χ4n) is 1.79. The highest BCUT2D eigenvalue weighted by Gasteiger charge is 2.32. The standard InChI is InChI=1S/C11H18O2/c1-3-5-10-9-11(12,6-4-2)7-8-13-10/h10,12H,3,5,7-9H2,1-2H3. The zero-order chi connectivity index (χ0) is 9.73. The summed E-state index contributed by atoms with van der Waals surface area (Å²) in [5.41, 5.74) is -0.785. The molecule has 0 aliphatic carbocycles. The molecule has 0 radical (unpaired) electrons. The molecular weight excluding hydrogens is 164 g/mol. The summed E-state index contributed by atoms with van der Waals surface area (Å²) in [5.74, 6) is 5.66. The Morgan fingerprint density at radius 2 is 2.38 bits per heavy atom. The Balaban J connectivity index is 2.52. The number of hydrogen-bond donors (Lipinski definition) is 1. The second-order valence-corrected chi connectivity index (χ2v) is 3.64. The SMILES string of the molecule is CC#CC1(O)CCOC(CCC)C1. The van der Waals surface area contributed by atoms with Crippen LogP contribution in [0.25, 0.3) is 0 Å². The molecule has 1 rings (SSSR count). The summed E-state index contributed by atoms with van der Waals surface area (Å²) in [4.78, 5) is 0. The van der Waals surface area contributed by atoms with E-state index < -0.39 is 5.60 Å². The van der Waals surface area contributed by atoms with Gasteiger partial charge in [0.25, 0.3) is 0 Å². The van der Waals surface area contributed by atoms with Crippen LogP contribution in [0.2, 0.25) is 0 Å². The zero-order valence-electron chi connectivity index (χ0n) is 8.47. The van der Waals surface area contributed by atoms with Crippen LogP contribution >= 0.6 is 0 Å². The third-order valence-electron chi connectivity index (χ3n) is 2.40. The molecule has 1 aliphatic rings. The van der Waals surface area contributed by atoms with Crippen molar-refractivity contribution in [2.45, 2.75) is 51.2 Å². The van der Waals surface area contributed by atoms with Crippen molar-refractivity contribution in [3.8, 4) is 11.8 Å². The van der Waals surface area contributed by atoms with E-state index in [9.17, 15) is 5.11 Å². The van der Waals surface area contributed by atoms with Crippen molar-refractivity contribution in [2.75, 3.05) is 6.61 Å². The molecule has 1 aliphatic heterocycles. The fraction of sp³-hybridized carbons (Fsp3) is 0.818. The van der Waals surface area contributed by atoms with Gasteiger partial charge in [-0.15, -0.1) is 5.92 Å². The predicted molar refractivity (Wildman–Crippen MR) is 52.3 cm³/mol. The Morgan fingerprint density at radius 3 is 3.00 bits per heavy atom. The van der Waals surface area contributed by atoms with Gasteiger partial charge in [0.2, 0.25) is 0 Å². The van der Waals surface area contributed by atoms with Gasteiger partial charge in [-0.05, 0) is 13.3 Å². The highest BCUT2D eigenvalue weighted by molar-refractivity contribution is 5.13. The first-order valence-electron chi connectivity index (χ1n) is 4.98. The first-order valence-corrected chi connectivity index (χ1v) is 4.98. The second-order valence-electron chi connectivity index (χ2n) is 3.64. The van der Waals surface area contributed by atoms with Crippen molar-refractivity contribution in [1.29, 1.82) is 0 Å². The van der Waals surface area contributed by atoms with Crippen molar-refractivity contribution in [2.24, 2.45) is 0 Å². The first kappa shape index (κ1) is 10.6. The van der Waals surface area contributed by atoms with Gasteiger partial charge in [-0.3, -0.25) is 0 Å². The van der Waals surface area contributed by atoms with E-state index in [0.29, 0.717) is 19.4 Å². The van der Waals surface area contributed by atoms with Gasteiger partial charge in [0.15, 0.2) is 0 Å². The average Bonchev–Trinajstić information content (AvgIpc) is 2.04. The molecule has 1 heterocycles. The van der Waals surface area contributed by atoms with Gasteiger partial charge < -0.3 is 9.84 Å². The third-order valence-corrected chi connectivity index (χ3v) is 2.40. The quantitative estimate of drug-likeness (QED) is 0.659. The van der Waals surface area contributed by atoms with E-state index in [4.69, 9.17) is 4.74 Å². The molecule has 1 N–H and O–H groups in total. The molecule has 0 aromatic heterocycles. The molecule has 0 aromatic rings. The van der Waals surface area contributed by atoms with Crippen LogP contribution in [0.3, 0.4) is 0 Å². The van der Waals surface area contributed by atoms with Crippen LogP contribution in [0.1, 0.15) is 39.5 Å². The molecule has 74 valence electrons. The molecule has 2 heteroatoms. The maximum Gasteiger partial charge on any atom is 0.130 e. The van der Waals surface area contributed by atoms with E-state index in [-0.39, 0.29) is 6.10 Å². The summed E-state index contributed by atoms with van der Waals surface area (Å²) in [6.07, 6.45) is 3.63. The summed E-state index contributed by atoms with van der Waals surface area (Å²) in [6, 6.07) is 0. The summed E-state index contributed by atoms with van der Waals surface area (Å²) in [7, 11) is 0. The molecular formula is C11H18O2. The van der Waals surface area contributed by atoms with Gasteiger partial charge in [-0.1, -0.05) is 19.3 Å². The van der Waals surface area contributed by atoms with Gasteiger partial charge >= 0.3 is 0 Å². The Morgan fingerprint density at radius 1 is 1.62 bits per heavy atom. The molecule has 0 amide bonds. The topological polar surface area (TPSA) is 29.5 Å². The van der Waals surface area contributed by atoms with Crippen molar-refractivity contribution in [3.63, 3.8) is 0 Å². The lowest BCUT2D eigenvalue weighted by atomic mass is 9.89. The van der Waals surface area contributed by atoms with Crippen LogP contribution in [0.5, 0.6) is 0 Å². The van der Waals surface area contributed by atoms with Crippen molar-refractivity contribution >= 4 is 0 Å². The van der Waals surface area contributed by atoms with E-state index in [2.05, 4.69) is 18.8 Å². The van der Waals surface area contributed by atoms with E-state index in [1.807, 2.05) is 0 Å². The number of ether oxygens (including phenoxy) is 1. The molecule has 0 saturated carbocycles. The minimum Gasteiger partial charge on any atom is -0.378 e. The summed E-state index contributed by atoms with van der Waals surface area (Å²) in [6.45, 7) is 4.53. The smallest absolute Gasteiger partial charge is 0.130 e. The molecule has 0 aromatic carbocycles. The van der Waals surface area contributed by atoms with E-state index in [1.54, 1.807) is 6.92 Å². The van der Waals surface area contributed by atoms with Gasteiger partial charge in [0, 0.05) is 12.8 Å². The van der Waals surface area contributed by atoms with Crippen molar-refractivity contribution in [1.82, 2.24) is 0 Å². The monoisotopic (exact) mass is 182 g/mol. The van der Waals surface area contributed by atoms with Crippen molar-refractivity contribution in [3.05, 3.63) is 0 Å². The normalized spacial score (nSPS) is 33.6. The number of hydrogen-bond acceptors (Lipinski definition) is 2. The Kier molecular flexibility index (Phi) is 3.77. The fourth-order valence-corrected chi connectivity index (χ4v) is 1.79. The Bertz CT molecular complexity index is 212. The summed E-state index contributed by atoms with van der Waals surface area (Å²) < 4.78 is 5.53. The highest BCUT2D eigenvalue weighted by atomic mass is 16.5. The lowest BCUT2D eigenvalue weighted by Crippen LogP contribution is -2.39. The van der Waals surface area contributed by atoms with Crippen molar-refractivity contribution < 1.29 is 9.84 Å². The Hall–Kier alpha value is -0.520. The van der Waals surface area contributed by atoms with Gasteiger partial charge in [-0.25, -0.2) is 0 Å². The van der Waals surface area contributed by atoms with Gasteiger partial charge in [0.1, 0.15) is 5.60 Å². The summed E-state index contributed by atoms with van der Waals surface area (Å²) in [5, 5.41) is 10.0. The maximum absolute atomic E-state index is 10.0. The molecule has 2 nitrogen and oxygen atoms in total. The minimum absolute atomic E-state index is 0.199. The minimum atomic E-state index is -0.785. The third kappa shape index (κ3) is 3.02. The van der Waals surface area contributed by atoms with Crippen LogP contribution in [-0.2, 0) is 4.74 Å². The van der Waals surface area contributed by atoms with Gasteiger partial charge in [-0.2, -0.15) is 0 Å². The van der Waals surface area contributed by atoms with Gasteiger partial charge in [0.05, 0.1) is 12.7 Å². The highest BCUT2D eigenvalue weighted by Crippen LogP contribution is 2.26. The molecule has 13 heavy (non-hydrogen) atoms. The molecule has 1 saturated heterocycles. The van der Waals surface area contributed by atoms with Crippen LogP contribution in [-0.4, -0.2) is 23.4 Å². The maximum atomic E-state index is 10.0. The molecule has 2 atom stereocenters. The summed E-state index contributed by atoms with van der Waals surface area (Å²) >= 11 is 0. The first-order chi connectivity index (χ1) is 6.20. The average molecular weight is 182 g/mol. The molecule has 2 unspecified atom stereocenters. The molecule has 1 fully saturated rings. The van der Waals surface area contributed by atoms with E-state index in [0.717, 1.165) is 12.8 Å². The molecule has 0 spiro atoms. The largest absolute Gasteiger partial charge is 0.378 e. The lowest BCUT2D eigenvalue weighted by molar-refractivity contribution is -0.0766. The molecule has 0 bridgehead atoms. The van der Waals surface area contributed by atoms with Crippen LogP contribution in [0, 0.1) is 11.8 Å². The van der Waals surface area contributed by atoms with Crippen LogP contribution in [0.15, 0.2) is 0 Å². The van der Waals surface area contributed by atoms with E-state index in [1.165, 1.54) is 0 Å².